The van der Waals surface area contributed by atoms with Crippen molar-refractivity contribution in [3.05, 3.63) is 53.6 Å². The topological polar surface area (TPSA) is 70.2 Å². The van der Waals surface area contributed by atoms with Crippen LogP contribution in [0.2, 0.25) is 5.02 Å². The number of thiocarbonyl (C=S) groups is 1. The Labute approximate surface area is 139 Å². The summed E-state index contributed by atoms with van der Waals surface area (Å²) < 4.78 is 25.5. The quantitative estimate of drug-likeness (QED) is 0.735. The molecule has 2 aromatic carbocycles. The third-order valence-electron chi connectivity index (χ3n) is 2.79. The number of halogens is 1. The molecule has 2 rings (SSSR count). The number of nitrogens with one attached hydrogen (secondary N) is 3. The number of rotatable bonds is 4. The Morgan fingerprint density at radius 1 is 0.955 bits per heavy atom. The van der Waals surface area contributed by atoms with E-state index >= 15 is 0 Å². The minimum absolute atomic E-state index is 0.192. The third kappa shape index (κ3) is 4.41. The largest absolute Gasteiger partial charge is 0.332 e. The third-order valence-corrected chi connectivity index (χ3v) is 4.68. The molecule has 0 amide bonds. The van der Waals surface area contributed by atoms with E-state index in [1.54, 1.807) is 36.4 Å². The van der Waals surface area contributed by atoms with Crippen molar-refractivity contribution in [3.63, 3.8) is 0 Å². The van der Waals surface area contributed by atoms with Crippen LogP contribution in [0.4, 0.5) is 11.4 Å². The highest BCUT2D eigenvalue weighted by Crippen LogP contribution is 2.16. The van der Waals surface area contributed by atoms with Gasteiger partial charge in [-0.05, 0) is 67.8 Å². The van der Waals surface area contributed by atoms with Gasteiger partial charge >= 0.3 is 0 Å². The Kier molecular flexibility index (Phi) is 5.36. The van der Waals surface area contributed by atoms with Crippen LogP contribution >= 0.6 is 23.8 Å². The molecule has 0 aliphatic heterocycles. The molecule has 0 bridgehead atoms. The van der Waals surface area contributed by atoms with Gasteiger partial charge in [-0.15, -0.1) is 0 Å². The van der Waals surface area contributed by atoms with Gasteiger partial charge in [-0.1, -0.05) is 11.6 Å². The van der Waals surface area contributed by atoms with Gasteiger partial charge in [0.25, 0.3) is 0 Å². The van der Waals surface area contributed by atoms with Gasteiger partial charge in [0.15, 0.2) is 5.11 Å². The zero-order chi connectivity index (χ0) is 16.2. The number of hydrogen-bond donors (Lipinski definition) is 3. The zero-order valence-corrected chi connectivity index (χ0v) is 14.0. The molecule has 8 heteroatoms. The highest BCUT2D eigenvalue weighted by Gasteiger charge is 2.10. The van der Waals surface area contributed by atoms with E-state index in [1.807, 2.05) is 0 Å². The summed E-state index contributed by atoms with van der Waals surface area (Å²) in [6.07, 6.45) is 0. The molecule has 0 unspecified atom stereocenters. The van der Waals surface area contributed by atoms with Crippen LogP contribution < -0.4 is 15.4 Å². The molecular formula is C14H14ClN3O2S2. The van der Waals surface area contributed by atoms with Crippen molar-refractivity contribution in [2.45, 2.75) is 4.90 Å². The molecule has 3 N–H and O–H groups in total. The van der Waals surface area contributed by atoms with E-state index in [2.05, 4.69) is 15.4 Å². The van der Waals surface area contributed by atoms with E-state index in [4.69, 9.17) is 23.8 Å². The Balaban J connectivity index is 2.01. The molecule has 0 fully saturated rings. The van der Waals surface area contributed by atoms with Crippen LogP contribution in [-0.4, -0.2) is 20.6 Å². The molecular weight excluding hydrogens is 342 g/mol. The summed E-state index contributed by atoms with van der Waals surface area (Å²) in [5.74, 6) is 0. The van der Waals surface area contributed by atoms with Gasteiger partial charge in [-0.2, -0.15) is 0 Å². The van der Waals surface area contributed by atoms with E-state index < -0.39 is 10.0 Å². The van der Waals surface area contributed by atoms with Gasteiger partial charge in [0, 0.05) is 16.4 Å². The molecule has 0 aliphatic rings. The lowest BCUT2D eigenvalue weighted by Crippen LogP contribution is -2.20. The molecule has 0 saturated heterocycles. The van der Waals surface area contributed by atoms with Gasteiger partial charge in [0.2, 0.25) is 10.0 Å². The molecule has 0 radical (unpaired) electrons. The number of hydrogen-bond acceptors (Lipinski definition) is 3. The fourth-order valence-corrected chi connectivity index (χ4v) is 2.75. The van der Waals surface area contributed by atoms with Gasteiger partial charge in [0.05, 0.1) is 4.90 Å². The van der Waals surface area contributed by atoms with Crippen LogP contribution in [0.25, 0.3) is 0 Å². The van der Waals surface area contributed by atoms with Crippen molar-refractivity contribution in [2.24, 2.45) is 0 Å². The zero-order valence-electron chi connectivity index (χ0n) is 11.6. The molecule has 2 aromatic rings. The van der Waals surface area contributed by atoms with Crippen molar-refractivity contribution in [3.8, 4) is 0 Å². The van der Waals surface area contributed by atoms with E-state index in [-0.39, 0.29) is 4.90 Å². The van der Waals surface area contributed by atoms with Crippen LogP contribution in [0, 0.1) is 0 Å². The first-order valence-electron chi connectivity index (χ1n) is 6.28. The molecule has 0 spiro atoms. The van der Waals surface area contributed by atoms with Crippen molar-refractivity contribution in [1.82, 2.24) is 4.72 Å². The minimum atomic E-state index is -3.43. The summed E-state index contributed by atoms with van der Waals surface area (Å²) in [4.78, 5) is 0.192. The summed E-state index contributed by atoms with van der Waals surface area (Å²) in [7, 11) is -2.07. The lowest BCUT2D eigenvalue weighted by Gasteiger charge is -2.11. The fraction of sp³-hybridized carbons (Fsp3) is 0.0714. The molecule has 0 atom stereocenters. The number of benzene rings is 2. The summed E-state index contributed by atoms with van der Waals surface area (Å²) in [5, 5.41) is 7.02. The van der Waals surface area contributed by atoms with Crippen molar-refractivity contribution in [2.75, 3.05) is 17.7 Å². The maximum absolute atomic E-state index is 11.6. The monoisotopic (exact) mass is 355 g/mol. The van der Waals surface area contributed by atoms with E-state index in [0.29, 0.717) is 15.8 Å². The SMILES string of the molecule is CNS(=O)(=O)c1ccc(NC(=S)Nc2ccc(Cl)cc2)cc1. The molecule has 0 saturated carbocycles. The average molecular weight is 356 g/mol. The molecule has 0 aliphatic carbocycles. The maximum atomic E-state index is 11.6. The van der Waals surface area contributed by atoms with Crippen LogP contribution in [0.1, 0.15) is 0 Å². The summed E-state index contributed by atoms with van der Waals surface area (Å²) >= 11 is 11.0. The average Bonchev–Trinajstić information content (AvgIpc) is 2.50. The highest BCUT2D eigenvalue weighted by atomic mass is 35.5. The molecule has 22 heavy (non-hydrogen) atoms. The normalized spacial score (nSPS) is 11.0. The van der Waals surface area contributed by atoms with Crippen LogP contribution in [0.15, 0.2) is 53.4 Å². The molecule has 116 valence electrons. The first-order valence-corrected chi connectivity index (χ1v) is 8.55. The summed E-state index contributed by atoms with van der Waals surface area (Å²) in [6.45, 7) is 0. The second-order valence-electron chi connectivity index (χ2n) is 4.32. The van der Waals surface area contributed by atoms with Gasteiger partial charge in [-0.25, -0.2) is 13.1 Å². The molecule has 5 nitrogen and oxygen atoms in total. The van der Waals surface area contributed by atoms with Crippen LogP contribution in [0.5, 0.6) is 0 Å². The standard InChI is InChI=1S/C14H14ClN3O2S2/c1-16-22(19,20)13-8-6-12(7-9-13)18-14(21)17-11-4-2-10(15)3-5-11/h2-9,16H,1H3,(H2,17,18,21). The maximum Gasteiger partial charge on any atom is 0.240 e. The lowest BCUT2D eigenvalue weighted by atomic mass is 10.3. The first-order chi connectivity index (χ1) is 10.4. The predicted octanol–water partition coefficient (Wildman–Crippen LogP) is 3.06. The van der Waals surface area contributed by atoms with E-state index in [9.17, 15) is 8.42 Å². The second kappa shape index (κ2) is 7.06. The molecule has 0 aromatic heterocycles. The van der Waals surface area contributed by atoms with Crippen LogP contribution in [0.3, 0.4) is 0 Å². The van der Waals surface area contributed by atoms with Crippen molar-refractivity contribution >= 4 is 50.3 Å². The molecule has 0 heterocycles. The van der Waals surface area contributed by atoms with Crippen molar-refractivity contribution in [1.29, 1.82) is 0 Å². The Bertz CT molecular complexity index is 760. The lowest BCUT2D eigenvalue weighted by molar-refractivity contribution is 0.588. The number of sulfonamides is 1. The van der Waals surface area contributed by atoms with Crippen LogP contribution in [-0.2, 0) is 10.0 Å². The van der Waals surface area contributed by atoms with Crippen molar-refractivity contribution < 1.29 is 8.42 Å². The minimum Gasteiger partial charge on any atom is -0.332 e. The second-order valence-corrected chi connectivity index (χ2v) is 7.05. The van der Waals surface area contributed by atoms with Gasteiger partial charge < -0.3 is 10.6 Å². The summed E-state index contributed by atoms with van der Waals surface area (Å²) in [6, 6.07) is 13.4. The predicted molar refractivity (Wildman–Crippen MR) is 94.0 cm³/mol. The first kappa shape index (κ1) is 16.7. The Morgan fingerprint density at radius 3 is 1.86 bits per heavy atom. The Morgan fingerprint density at radius 2 is 1.41 bits per heavy atom. The van der Waals surface area contributed by atoms with Gasteiger partial charge in [-0.3, -0.25) is 0 Å². The Hall–Kier alpha value is -1.67. The fourth-order valence-electron chi connectivity index (χ4n) is 1.66. The van der Waals surface area contributed by atoms with E-state index in [1.165, 1.54) is 19.2 Å². The van der Waals surface area contributed by atoms with E-state index in [0.717, 1.165) is 5.69 Å². The smallest absolute Gasteiger partial charge is 0.240 e. The highest BCUT2D eigenvalue weighted by molar-refractivity contribution is 7.89. The van der Waals surface area contributed by atoms with Gasteiger partial charge in [0.1, 0.15) is 0 Å². The number of anilines is 2. The summed E-state index contributed by atoms with van der Waals surface area (Å²) in [5.41, 5.74) is 1.48.